The van der Waals surface area contributed by atoms with Crippen LogP contribution in [-0.2, 0) is 10.0 Å². The number of hydrogen-bond donors (Lipinski definition) is 0. The zero-order valence-corrected chi connectivity index (χ0v) is 18.6. The first-order valence-corrected chi connectivity index (χ1v) is 11.4. The van der Waals surface area contributed by atoms with E-state index < -0.39 is 10.0 Å². The van der Waals surface area contributed by atoms with Gasteiger partial charge in [0.2, 0.25) is 10.0 Å². The molecule has 0 unspecified atom stereocenters. The Morgan fingerprint density at radius 2 is 1.73 bits per heavy atom. The summed E-state index contributed by atoms with van der Waals surface area (Å²) >= 11 is 0. The van der Waals surface area contributed by atoms with E-state index in [1.165, 1.54) is 15.3 Å². The summed E-state index contributed by atoms with van der Waals surface area (Å²) in [6.07, 6.45) is 0. The molecule has 8 heteroatoms. The van der Waals surface area contributed by atoms with E-state index in [-0.39, 0.29) is 10.8 Å². The summed E-state index contributed by atoms with van der Waals surface area (Å²) in [6, 6.07) is 14.0. The lowest BCUT2D eigenvalue weighted by Gasteiger charge is -2.31. The molecule has 0 bridgehead atoms. The average molecular weight is 432 g/mol. The summed E-state index contributed by atoms with van der Waals surface area (Å²) in [7, 11) is 0.0444. The van der Waals surface area contributed by atoms with Crippen molar-refractivity contribution in [3.63, 3.8) is 0 Å². The molecule has 2 aromatic carbocycles. The summed E-state index contributed by atoms with van der Waals surface area (Å²) in [5, 5.41) is 0. The van der Waals surface area contributed by atoms with Crippen LogP contribution in [0.3, 0.4) is 0 Å². The maximum Gasteiger partial charge on any atom is 0.253 e. The number of benzene rings is 2. The lowest BCUT2D eigenvalue weighted by Crippen LogP contribution is -2.47. The number of hydrogen-bond acceptors (Lipinski definition) is 5. The molecule has 0 N–H and O–H groups in total. The van der Waals surface area contributed by atoms with E-state index in [2.05, 4.69) is 4.90 Å². The first kappa shape index (κ1) is 22.3. The number of nitrogens with zero attached hydrogens (tertiary/aromatic N) is 3. The van der Waals surface area contributed by atoms with E-state index in [0.29, 0.717) is 44.9 Å². The summed E-state index contributed by atoms with van der Waals surface area (Å²) in [5.41, 5.74) is 1.50. The molecule has 0 atom stereocenters. The number of sulfonamides is 1. The van der Waals surface area contributed by atoms with Crippen LogP contribution in [0.1, 0.15) is 15.9 Å². The maximum absolute atomic E-state index is 13.0. The molecule has 1 fully saturated rings. The smallest absolute Gasteiger partial charge is 0.253 e. The number of aryl methyl sites for hydroxylation is 1. The molecule has 1 aliphatic heterocycles. The Bertz CT molecular complexity index is 968. The number of amides is 1. The van der Waals surface area contributed by atoms with Crippen LogP contribution in [0, 0.1) is 6.92 Å². The summed E-state index contributed by atoms with van der Waals surface area (Å²) < 4.78 is 33.1. The number of likely N-dealkylation sites (N-methyl/N-ethyl adjacent to an activating group) is 2. The quantitative estimate of drug-likeness (QED) is 0.671. The molecule has 1 saturated heterocycles. The minimum Gasteiger partial charge on any atom is -0.492 e. The molecule has 0 radical (unpaired) electrons. The highest BCUT2D eigenvalue weighted by Crippen LogP contribution is 2.19. The molecule has 30 heavy (non-hydrogen) atoms. The Labute approximate surface area is 178 Å². The molecule has 0 saturated carbocycles. The van der Waals surface area contributed by atoms with Crippen LogP contribution in [0.5, 0.6) is 5.75 Å². The van der Waals surface area contributed by atoms with E-state index in [4.69, 9.17) is 4.74 Å². The van der Waals surface area contributed by atoms with Crippen LogP contribution in [-0.4, -0.2) is 81.9 Å². The molecule has 0 spiro atoms. The summed E-state index contributed by atoms with van der Waals surface area (Å²) in [6.45, 7) is 5.05. The molecular formula is C22H29N3O4S. The molecule has 3 rings (SSSR count). The Hall–Kier alpha value is -2.42. The van der Waals surface area contributed by atoms with Gasteiger partial charge in [0, 0.05) is 38.8 Å². The Balaban J connectivity index is 1.62. The average Bonchev–Trinajstić information content (AvgIpc) is 2.75. The second-order valence-electron chi connectivity index (χ2n) is 7.62. The van der Waals surface area contributed by atoms with Gasteiger partial charge < -0.3 is 14.5 Å². The van der Waals surface area contributed by atoms with Crippen molar-refractivity contribution in [2.45, 2.75) is 11.8 Å². The van der Waals surface area contributed by atoms with Crippen molar-refractivity contribution in [1.82, 2.24) is 14.1 Å². The van der Waals surface area contributed by atoms with Gasteiger partial charge in [0.25, 0.3) is 5.91 Å². The van der Waals surface area contributed by atoms with E-state index in [1.807, 2.05) is 38.2 Å². The first-order chi connectivity index (χ1) is 14.3. The Morgan fingerprint density at radius 3 is 2.40 bits per heavy atom. The minimum absolute atomic E-state index is 0.155. The molecule has 7 nitrogen and oxygen atoms in total. The molecule has 1 aliphatic rings. The number of carbonyl (C=O) groups is 1. The second kappa shape index (κ2) is 9.59. The van der Waals surface area contributed by atoms with Gasteiger partial charge in [-0.05, 0) is 44.3 Å². The lowest BCUT2D eigenvalue weighted by molar-refractivity contribution is 0.0773. The zero-order valence-electron chi connectivity index (χ0n) is 17.7. The third kappa shape index (κ3) is 5.38. The molecule has 0 aliphatic carbocycles. The van der Waals surface area contributed by atoms with Crippen molar-refractivity contribution in [3.8, 4) is 5.75 Å². The van der Waals surface area contributed by atoms with Gasteiger partial charge in [-0.2, -0.15) is 4.31 Å². The van der Waals surface area contributed by atoms with Crippen LogP contribution >= 0.6 is 0 Å². The van der Waals surface area contributed by atoms with Gasteiger partial charge in [-0.1, -0.05) is 23.8 Å². The number of ether oxygens (including phenoxy) is 1. The van der Waals surface area contributed by atoms with Gasteiger partial charge in [0.1, 0.15) is 12.4 Å². The van der Waals surface area contributed by atoms with Crippen LogP contribution in [0.15, 0.2) is 53.4 Å². The summed E-state index contributed by atoms with van der Waals surface area (Å²) in [4.78, 5) is 16.6. The van der Waals surface area contributed by atoms with Crippen molar-refractivity contribution >= 4 is 15.9 Å². The van der Waals surface area contributed by atoms with E-state index in [1.54, 1.807) is 25.2 Å². The van der Waals surface area contributed by atoms with Gasteiger partial charge in [0.05, 0.1) is 11.4 Å². The predicted molar refractivity (Wildman–Crippen MR) is 116 cm³/mol. The van der Waals surface area contributed by atoms with E-state index in [0.717, 1.165) is 11.3 Å². The van der Waals surface area contributed by atoms with E-state index in [9.17, 15) is 13.2 Å². The second-order valence-corrected chi connectivity index (χ2v) is 9.56. The molecule has 2 aromatic rings. The highest BCUT2D eigenvalue weighted by Gasteiger charge is 2.28. The fourth-order valence-electron chi connectivity index (χ4n) is 3.22. The highest BCUT2D eigenvalue weighted by molar-refractivity contribution is 7.89. The van der Waals surface area contributed by atoms with Gasteiger partial charge in [0.15, 0.2) is 0 Å². The molecule has 1 amide bonds. The molecule has 0 aromatic heterocycles. The van der Waals surface area contributed by atoms with Crippen molar-refractivity contribution in [2.24, 2.45) is 0 Å². The van der Waals surface area contributed by atoms with Crippen LogP contribution in [0.2, 0.25) is 0 Å². The molecule has 162 valence electrons. The van der Waals surface area contributed by atoms with Crippen LogP contribution < -0.4 is 4.74 Å². The molecule has 1 heterocycles. The Morgan fingerprint density at radius 1 is 1.07 bits per heavy atom. The van der Waals surface area contributed by atoms with Gasteiger partial charge in [-0.15, -0.1) is 0 Å². The Kier molecular flexibility index (Phi) is 7.12. The minimum atomic E-state index is -3.61. The van der Waals surface area contributed by atoms with Crippen molar-refractivity contribution < 1.29 is 17.9 Å². The van der Waals surface area contributed by atoms with Crippen LogP contribution in [0.4, 0.5) is 0 Å². The van der Waals surface area contributed by atoms with E-state index >= 15 is 0 Å². The SMILES string of the molecule is Cc1ccc(OCCN(C)C(=O)c2cccc(S(=O)(=O)N3CCN(C)CC3)c2)cc1. The van der Waals surface area contributed by atoms with Gasteiger partial charge in [-0.3, -0.25) is 4.79 Å². The van der Waals surface area contributed by atoms with Crippen LogP contribution in [0.25, 0.3) is 0 Å². The summed E-state index contributed by atoms with van der Waals surface area (Å²) in [5.74, 6) is 0.514. The normalized spacial score (nSPS) is 15.7. The third-order valence-electron chi connectivity index (χ3n) is 5.24. The first-order valence-electron chi connectivity index (χ1n) is 10.0. The number of carbonyl (C=O) groups excluding carboxylic acids is 1. The fraction of sp³-hybridized carbons (Fsp3) is 0.409. The number of piperazine rings is 1. The standard InChI is InChI=1S/C22H29N3O4S/c1-18-7-9-20(10-8-18)29-16-15-24(3)22(26)19-5-4-6-21(17-19)30(27,28)25-13-11-23(2)12-14-25/h4-10,17H,11-16H2,1-3H3. The van der Waals surface area contributed by atoms with Gasteiger partial charge in [-0.25, -0.2) is 8.42 Å². The zero-order chi connectivity index (χ0) is 21.7. The number of rotatable bonds is 7. The van der Waals surface area contributed by atoms with Crippen molar-refractivity contribution in [3.05, 3.63) is 59.7 Å². The third-order valence-corrected chi connectivity index (χ3v) is 7.14. The fourth-order valence-corrected chi connectivity index (χ4v) is 4.69. The lowest BCUT2D eigenvalue weighted by atomic mass is 10.2. The highest BCUT2D eigenvalue weighted by atomic mass is 32.2. The van der Waals surface area contributed by atoms with Crippen molar-refractivity contribution in [1.29, 1.82) is 0 Å². The van der Waals surface area contributed by atoms with Gasteiger partial charge >= 0.3 is 0 Å². The topological polar surface area (TPSA) is 70.2 Å². The maximum atomic E-state index is 13.0. The molecular weight excluding hydrogens is 402 g/mol. The monoisotopic (exact) mass is 431 g/mol. The predicted octanol–water partition coefficient (Wildman–Crippen LogP) is 2.08. The van der Waals surface area contributed by atoms with Crippen molar-refractivity contribution in [2.75, 3.05) is 53.4 Å². The largest absolute Gasteiger partial charge is 0.492 e.